The minimum absolute atomic E-state index is 0.334. The van der Waals surface area contributed by atoms with Crippen molar-refractivity contribution in [1.29, 1.82) is 5.26 Å². The van der Waals surface area contributed by atoms with Gasteiger partial charge in [0.05, 0.1) is 11.1 Å². The monoisotopic (exact) mass is 483 g/mol. The molecular weight excluding hydrogens is 466 g/mol. The van der Waals surface area contributed by atoms with Gasteiger partial charge < -0.3 is 9.47 Å². The van der Waals surface area contributed by atoms with E-state index in [1.807, 2.05) is 25.1 Å². The molecule has 30 heavy (non-hydrogen) atoms. The lowest BCUT2D eigenvalue weighted by atomic mass is 9.93. The van der Waals surface area contributed by atoms with Crippen molar-refractivity contribution in [3.63, 3.8) is 0 Å². The van der Waals surface area contributed by atoms with Gasteiger partial charge in [-0.25, -0.2) is 0 Å². The maximum atomic E-state index is 12.9. The molecule has 2 unspecified atom stereocenters. The molecule has 0 aliphatic rings. The van der Waals surface area contributed by atoms with Gasteiger partial charge in [-0.2, -0.15) is 5.26 Å². The molecule has 0 amide bonds. The van der Waals surface area contributed by atoms with Gasteiger partial charge in [-0.3, -0.25) is 4.79 Å². The van der Waals surface area contributed by atoms with E-state index in [1.54, 1.807) is 55.5 Å². The van der Waals surface area contributed by atoms with Crippen LogP contribution in [-0.4, -0.2) is 11.9 Å². The highest BCUT2D eigenvalue weighted by Crippen LogP contribution is 2.36. The fraction of sp³-hybridized carbons (Fsp3) is 0.167. The minimum atomic E-state index is -0.933. The number of carbonyl (C=O) groups excluding carboxylic acids is 1. The summed E-state index contributed by atoms with van der Waals surface area (Å²) in [5.74, 6) is 0.0389. The van der Waals surface area contributed by atoms with Crippen LogP contribution in [0.5, 0.6) is 17.2 Å². The zero-order valence-electron chi connectivity index (χ0n) is 16.4. The molecule has 3 aromatic carbocycles. The van der Waals surface area contributed by atoms with Crippen molar-refractivity contribution in [3.8, 4) is 23.3 Å². The molecule has 0 aliphatic heterocycles. The first kappa shape index (κ1) is 21.9. The fourth-order valence-electron chi connectivity index (χ4n) is 2.91. The molecule has 152 valence electrons. The summed E-state index contributed by atoms with van der Waals surface area (Å²) in [5, 5.41) is 10.1. The standard InChI is InChI=1S/C24H19BrClNO3/c1-15-10-11-21(20(26)12-15)30-23-9-4-3-8-22(23)29-16(2)24(28)19(14-27)17-6-5-7-18(25)13-17/h3-13,16,19H,1-2H3. The summed E-state index contributed by atoms with van der Waals surface area (Å²) in [4.78, 5) is 12.9. The predicted octanol–water partition coefficient (Wildman–Crippen LogP) is 6.85. The average Bonchev–Trinajstić information content (AvgIpc) is 2.72. The van der Waals surface area contributed by atoms with Crippen LogP contribution in [0.2, 0.25) is 5.02 Å². The molecule has 0 N–H and O–H groups in total. The first-order valence-electron chi connectivity index (χ1n) is 9.27. The Morgan fingerprint density at radius 3 is 2.43 bits per heavy atom. The molecule has 4 nitrogen and oxygen atoms in total. The third-order valence-corrected chi connectivity index (χ3v) is 5.25. The summed E-state index contributed by atoms with van der Waals surface area (Å²) in [7, 11) is 0. The Labute approximate surface area is 189 Å². The summed E-state index contributed by atoms with van der Waals surface area (Å²) < 4.78 is 12.6. The predicted molar refractivity (Wildman–Crippen MR) is 120 cm³/mol. The molecule has 0 bridgehead atoms. The number of ether oxygens (including phenoxy) is 2. The largest absolute Gasteiger partial charge is 0.479 e. The summed E-state index contributed by atoms with van der Waals surface area (Å²) in [6, 6.07) is 21.7. The van der Waals surface area contributed by atoms with Gasteiger partial charge in [0.2, 0.25) is 0 Å². The first-order chi connectivity index (χ1) is 14.4. The van der Waals surface area contributed by atoms with Crippen molar-refractivity contribution in [2.45, 2.75) is 25.9 Å². The number of ketones is 1. The molecule has 2 atom stereocenters. The second-order valence-corrected chi connectivity index (χ2v) is 8.09. The van der Waals surface area contributed by atoms with Gasteiger partial charge in [-0.05, 0) is 61.4 Å². The van der Waals surface area contributed by atoms with Gasteiger partial charge in [0.1, 0.15) is 11.7 Å². The Kier molecular flexibility index (Phi) is 7.15. The zero-order valence-corrected chi connectivity index (χ0v) is 18.8. The highest BCUT2D eigenvalue weighted by molar-refractivity contribution is 9.10. The number of Topliss-reactive ketones (excluding diaryl/α,β-unsaturated/α-hetero) is 1. The van der Waals surface area contributed by atoms with Crippen LogP contribution < -0.4 is 9.47 Å². The topological polar surface area (TPSA) is 59.3 Å². The van der Waals surface area contributed by atoms with Gasteiger partial charge in [-0.1, -0.05) is 57.9 Å². The van der Waals surface area contributed by atoms with Crippen LogP contribution in [0.1, 0.15) is 24.0 Å². The average molecular weight is 485 g/mol. The summed E-state index contributed by atoms with van der Waals surface area (Å²) in [5.41, 5.74) is 1.63. The Morgan fingerprint density at radius 1 is 1.03 bits per heavy atom. The first-order valence-corrected chi connectivity index (χ1v) is 10.4. The van der Waals surface area contributed by atoms with Gasteiger partial charge in [-0.15, -0.1) is 0 Å². The molecule has 3 rings (SSSR count). The lowest BCUT2D eigenvalue weighted by molar-refractivity contribution is -0.125. The van der Waals surface area contributed by atoms with Crippen LogP contribution in [0.15, 0.2) is 71.2 Å². The van der Waals surface area contributed by atoms with Gasteiger partial charge >= 0.3 is 0 Å². The second kappa shape index (κ2) is 9.80. The molecule has 6 heteroatoms. The van der Waals surface area contributed by atoms with Gasteiger partial charge in [0, 0.05) is 4.47 Å². The molecular formula is C24H19BrClNO3. The Morgan fingerprint density at radius 2 is 1.77 bits per heavy atom. The van der Waals surface area contributed by atoms with Crippen LogP contribution >= 0.6 is 27.5 Å². The number of nitriles is 1. The maximum Gasteiger partial charge on any atom is 0.194 e. The van der Waals surface area contributed by atoms with Crippen LogP contribution in [0.25, 0.3) is 0 Å². The normalized spacial score (nSPS) is 12.5. The molecule has 0 heterocycles. The lowest BCUT2D eigenvalue weighted by Crippen LogP contribution is -2.29. The van der Waals surface area contributed by atoms with E-state index in [-0.39, 0.29) is 5.78 Å². The molecule has 0 radical (unpaired) electrons. The number of halogens is 2. The Bertz CT molecular complexity index is 1110. The van der Waals surface area contributed by atoms with E-state index in [9.17, 15) is 10.1 Å². The zero-order chi connectivity index (χ0) is 21.7. The summed E-state index contributed by atoms with van der Waals surface area (Å²) >= 11 is 9.64. The summed E-state index contributed by atoms with van der Waals surface area (Å²) in [6.45, 7) is 3.57. The number of hydrogen-bond donors (Lipinski definition) is 0. The molecule has 0 aromatic heterocycles. The minimum Gasteiger partial charge on any atom is -0.479 e. The fourth-order valence-corrected chi connectivity index (χ4v) is 3.60. The highest BCUT2D eigenvalue weighted by atomic mass is 79.9. The SMILES string of the molecule is Cc1ccc(Oc2ccccc2OC(C)C(=O)C(C#N)c2cccc(Br)c2)c(Cl)c1. The van der Waals surface area contributed by atoms with E-state index in [2.05, 4.69) is 22.0 Å². The number of hydrogen-bond acceptors (Lipinski definition) is 4. The van der Waals surface area contributed by atoms with E-state index in [0.29, 0.717) is 27.8 Å². The molecule has 0 saturated heterocycles. The molecule has 0 spiro atoms. The number of nitrogens with zero attached hydrogens (tertiary/aromatic N) is 1. The number of para-hydroxylation sites is 2. The van der Waals surface area contributed by atoms with Crippen LogP contribution in [0.3, 0.4) is 0 Å². The van der Waals surface area contributed by atoms with Crippen molar-refractivity contribution < 1.29 is 14.3 Å². The molecule has 3 aromatic rings. The van der Waals surface area contributed by atoms with Crippen LogP contribution in [0.4, 0.5) is 0 Å². The lowest BCUT2D eigenvalue weighted by Gasteiger charge is -2.19. The number of carbonyl (C=O) groups is 1. The number of aryl methyl sites for hydroxylation is 1. The smallest absolute Gasteiger partial charge is 0.194 e. The summed E-state index contributed by atoms with van der Waals surface area (Å²) in [6.07, 6.45) is -0.855. The Hall–Kier alpha value is -2.81. The third kappa shape index (κ3) is 5.21. The molecule has 0 aliphatic carbocycles. The van der Waals surface area contributed by atoms with Gasteiger partial charge in [0.15, 0.2) is 23.4 Å². The van der Waals surface area contributed by atoms with E-state index in [1.165, 1.54) is 0 Å². The highest BCUT2D eigenvalue weighted by Gasteiger charge is 2.27. The van der Waals surface area contributed by atoms with Crippen molar-refractivity contribution >= 4 is 33.3 Å². The van der Waals surface area contributed by atoms with E-state index >= 15 is 0 Å². The number of benzene rings is 3. The van der Waals surface area contributed by atoms with Crippen molar-refractivity contribution in [1.82, 2.24) is 0 Å². The van der Waals surface area contributed by atoms with E-state index in [0.717, 1.165) is 10.0 Å². The van der Waals surface area contributed by atoms with Crippen molar-refractivity contribution in [2.24, 2.45) is 0 Å². The molecule has 0 saturated carbocycles. The number of rotatable bonds is 7. The maximum absolute atomic E-state index is 12.9. The van der Waals surface area contributed by atoms with Crippen molar-refractivity contribution in [3.05, 3.63) is 87.4 Å². The quantitative estimate of drug-likeness (QED) is 0.368. The van der Waals surface area contributed by atoms with E-state index < -0.39 is 12.0 Å². The van der Waals surface area contributed by atoms with Crippen molar-refractivity contribution in [2.75, 3.05) is 0 Å². The Balaban J connectivity index is 1.80. The van der Waals surface area contributed by atoms with Gasteiger partial charge in [0.25, 0.3) is 0 Å². The van der Waals surface area contributed by atoms with E-state index in [4.69, 9.17) is 21.1 Å². The molecule has 0 fully saturated rings. The van der Waals surface area contributed by atoms with Crippen LogP contribution in [-0.2, 0) is 4.79 Å². The third-order valence-electron chi connectivity index (χ3n) is 4.46. The van der Waals surface area contributed by atoms with Crippen LogP contribution in [0, 0.1) is 18.3 Å². The second-order valence-electron chi connectivity index (χ2n) is 6.76.